The molecule has 0 heterocycles. The van der Waals surface area contributed by atoms with Crippen molar-refractivity contribution in [3.8, 4) is 5.75 Å². The smallest absolute Gasteiger partial charge is 0.224 e. The summed E-state index contributed by atoms with van der Waals surface area (Å²) >= 11 is 4.37. The number of halogens is 1. The monoisotopic (exact) mass is 333 g/mol. The highest BCUT2D eigenvalue weighted by Gasteiger charge is 2.12. The Labute approximate surface area is 141 Å². The SMILES string of the molecule is CCC(=O)Nc1cccc(F)c1COc1cc(C)c(S)cc1C. The number of benzene rings is 2. The lowest BCUT2D eigenvalue weighted by molar-refractivity contribution is -0.115. The first-order chi connectivity index (χ1) is 10.9. The van der Waals surface area contributed by atoms with E-state index in [2.05, 4.69) is 17.9 Å². The van der Waals surface area contributed by atoms with Crippen molar-refractivity contribution in [3.05, 3.63) is 52.8 Å². The van der Waals surface area contributed by atoms with Crippen molar-refractivity contribution >= 4 is 24.2 Å². The molecule has 0 saturated carbocycles. The second-order valence-corrected chi connectivity index (χ2v) is 5.84. The Morgan fingerprint density at radius 1 is 1.26 bits per heavy atom. The van der Waals surface area contributed by atoms with Crippen LogP contribution in [0.25, 0.3) is 0 Å². The average Bonchev–Trinajstić information content (AvgIpc) is 2.51. The zero-order valence-corrected chi connectivity index (χ0v) is 14.3. The summed E-state index contributed by atoms with van der Waals surface area (Å²) in [6, 6.07) is 8.38. The highest BCUT2D eigenvalue weighted by Crippen LogP contribution is 2.27. The van der Waals surface area contributed by atoms with E-state index in [9.17, 15) is 9.18 Å². The number of anilines is 1. The second-order valence-electron chi connectivity index (χ2n) is 5.36. The highest BCUT2D eigenvalue weighted by molar-refractivity contribution is 7.80. The fraction of sp³-hybridized carbons (Fsp3) is 0.278. The summed E-state index contributed by atoms with van der Waals surface area (Å²) in [7, 11) is 0. The fourth-order valence-electron chi connectivity index (χ4n) is 2.14. The zero-order chi connectivity index (χ0) is 17.0. The van der Waals surface area contributed by atoms with E-state index < -0.39 is 5.82 Å². The van der Waals surface area contributed by atoms with Crippen molar-refractivity contribution in [1.82, 2.24) is 0 Å². The van der Waals surface area contributed by atoms with Crippen LogP contribution in [-0.2, 0) is 11.4 Å². The van der Waals surface area contributed by atoms with Gasteiger partial charge in [-0.15, -0.1) is 12.6 Å². The van der Waals surface area contributed by atoms with E-state index >= 15 is 0 Å². The standard InChI is InChI=1S/C18H20FNO2S/c1-4-18(21)20-15-7-5-6-14(19)13(15)10-22-16-8-12(3)17(23)9-11(16)2/h5-9,23H,4,10H2,1-3H3,(H,20,21). The van der Waals surface area contributed by atoms with Crippen LogP contribution in [0.4, 0.5) is 10.1 Å². The molecule has 0 radical (unpaired) electrons. The van der Waals surface area contributed by atoms with E-state index in [-0.39, 0.29) is 12.5 Å². The summed E-state index contributed by atoms with van der Waals surface area (Å²) in [5.41, 5.74) is 2.69. The van der Waals surface area contributed by atoms with E-state index in [4.69, 9.17) is 4.74 Å². The Bertz CT molecular complexity index is 731. The van der Waals surface area contributed by atoms with Crippen molar-refractivity contribution < 1.29 is 13.9 Å². The van der Waals surface area contributed by atoms with Crippen molar-refractivity contribution in [1.29, 1.82) is 0 Å². The summed E-state index contributed by atoms with van der Waals surface area (Å²) in [6.07, 6.45) is 0.332. The first kappa shape index (κ1) is 17.3. The summed E-state index contributed by atoms with van der Waals surface area (Å²) in [5.74, 6) is 0.110. The summed E-state index contributed by atoms with van der Waals surface area (Å²) < 4.78 is 19.9. The third-order valence-corrected chi connectivity index (χ3v) is 4.06. The first-order valence-corrected chi connectivity index (χ1v) is 7.87. The number of carbonyl (C=O) groups is 1. The minimum Gasteiger partial charge on any atom is -0.488 e. The summed E-state index contributed by atoms with van der Waals surface area (Å²) in [6.45, 7) is 5.63. The molecule has 0 bridgehead atoms. The molecule has 2 rings (SSSR count). The van der Waals surface area contributed by atoms with Gasteiger partial charge in [-0.3, -0.25) is 4.79 Å². The molecule has 0 saturated heterocycles. The van der Waals surface area contributed by atoms with E-state index in [0.717, 1.165) is 16.0 Å². The van der Waals surface area contributed by atoms with Gasteiger partial charge in [-0.05, 0) is 49.2 Å². The van der Waals surface area contributed by atoms with E-state index in [1.165, 1.54) is 6.07 Å². The van der Waals surface area contributed by atoms with Crippen molar-refractivity contribution in [2.24, 2.45) is 0 Å². The molecular weight excluding hydrogens is 313 g/mol. The Morgan fingerprint density at radius 3 is 2.70 bits per heavy atom. The van der Waals surface area contributed by atoms with Crippen molar-refractivity contribution in [2.45, 2.75) is 38.7 Å². The van der Waals surface area contributed by atoms with Gasteiger partial charge in [0.25, 0.3) is 0 Å². The van der Waals surface area contributed by atoms with Crippen molar-refractivity contribution in [2.75, 3.05) is 5.32 Å². The number of aryl methyl sites for hydroxylation is 2. The third kappa shape index (κ3) is 4.26. The maximum Gasteiger partial charge on any atom is 0.224 e. The number of nitrogens with one attached hydrogen (secondary N) is 1. The van der Waals surface area contributed by atoms with Gasteiger partial charge < -0.3 is 10.1 Å². The molecule has 0 unspecified atom stereocenters. The van der Waals surface area contributed by atoms with Crippen LogP contribution in [0.5, 0.6) is 5.75 Å². The fourth-order valence-corrected chi connectivity index (χ4v) is 2.40. The summed E-state index contributed by atoms with van der Waals surface area (Å²) in [5, 5.41) is 2.70. The minimum atomic E-state index is -0.404. The molecule has 3 nitrogen and oxygen atoms in total. The third-order valence-electron chi connectivity index (χ3n) is 3.58. The van der Waals surface area contributed by atoms with Gasteiger partial charge in [0.1, 0.15) is 18.2 Å². The van der Waals surface area contributed by atoms with Gasteiger partial charge in [0.2, 0.25) is 5.91 Å². The molecule has 1 amide bonds. The van der Waals surface area contributed by atoms with Gasteiger partial charge in [0, 0.05) is 16.9 Å². The van der Waals surface area contributed by atoms with Crippen LogP contribution < -0.4 is 10.1 Å². The summed E-state index contributed by atoms with van der Waals surface area (Å²) in [4.78, 5) is 12.5. The maximum atomic E-state index is 14.1. The van der Waals surface area contributed by atoms with E-state index in [1.807, 2.05) is 26.0 Å². The van der Waals surface area contributed by atoms with Gasteiger partial charge in [-0.2, -0.15) is 0 Å². The molecular formula is C18H20FNO2S. The van der Waals surface area contributed by atoms with Crippen LogP contribution in [0, 0.1) is 19.7 Å². The first-order valence-electron chi connectivity index (χ1n) is 7.42. The second kappa shape index (κ2) is 7.51. The molecule has 0 atom stereocenters. The van der Waals surface area contributed by atoms with Gasteiger partial charge in [-0.1, -0.05) is 13.0 Å². The van der Waals surface area contributed by atoms with Crippen molar-refractivity contribution in [3.63, 3.8) is 0 Å². The molecule has 5 heteroatoms. The Morgan fingerprint density at radius 2 is 2.00 bits per heavy atom. The predicted octanol–water partition coefficient (Wildman–Crippen LogP) is 4.66. The maximum absolute atomic E-state index is 14.1. The Hall–Kier alpha value is -2.01. The van der Waals surface area contributed by atoms with Crippen LogP contribution in [0.2, 0.25) is 0 Å². The number of thiol groups is 1. The molecule has 2 aromatic carbocycles. The Kier molecular flexibility index (Phi) is 5.66. The number of amides is 1. The quantitative estimate of drug-likeness (QED) is 0.781. The van der Waals surface area contributed by atoms with E-state index in [0.29, 0.717) is 23.4 Å². The molecule has 0 aliphatic rings. The van der Waals surface area contributed by atoms with Gasteiger partial charge >= 0.3 is 0 Å². The van der Waals surface area contributed by atoms with Crippen LogP contribution in [0.1, 0.15) is 30.0 Å². The molecule has 0 fully saturated rings. The molecule has 23 heavy (non-hydrogen) atoms. The van der Waals surface area contributed by atoms with Gasteiger partial charge in [0.05, 0.1) is 5.69 Å². The van der Waals surface area contributed by atoms with Crippen LogP contribution in [0.3, 0.4) is 0 Å². The number of carbonyl (C=O) groups excluding carboxylic acids is 1. The minimum absolute atomic E-state index is 0.0399. The lowest BCUT2D eigenvalue weighted by atomic mass is 10.1. The lowest BCUT2D eigenvalue weighted by Gasteiger charge is -2.15. The number of rotatable bonds is 5. The molecule has 2 aromatic rings. The van der Waals surface area contributed by atoms with Gasteiger partial charge in [0.15, 0.2) is 0 Å². The number of hydrogen-bond donors (Lipinski definition) is 2. The molecule has 0 aliphatic carbocycles. The number of hydrogen-bond acceptors (Lipinski definition) is 3. The normalized spacial score (nSPS) is 10.5. The lowest BCUT2D eigenvalue weighted by Crippen LogP contribution is -2.13. The molecule has 0 spiro atoms. The molecule has 0 aromatic heterocycles. The largest absolute Gasteiger partial charge is 0.488 e. The highest BCUT2D eigenvalue weighted by atomic mass is 32.1. The van der Waals surface area contributed by atoms with Crippen LogP contribution in [-0.4, -0.2) is 5.91 Å². The van der Waals surface area contributed by atoms with E-state index in [1.54, 1.807) is 19.1 Å². The topological polar surface area (TPSA) is 38.3 Å². The van der Waals surface area contributed by atoms with Crippen LogP contribution in [0.15, 0.2) is 35.2 Å². The Balaban J connectivity index is 2.23. The molecule has 0 aliphatic heterocycles. The zero-order valence-electron chi connectivity index (χ0n) is 13.4. The predicted molar refractivity (Wildman–Crippen MR) is 92.8 cm³/mol. The molecule has 1 N–H and O–H groups in total. The van der Waals surface area contributed by atoms with Gasteiger partial charge in [-0.25, -0.2) is 4.39 Å². The molecule has 122 valence electrons. The number of ether oxygens (including phenoxy) is 1. The average molecular weight is 333 g/mol. The van der Waals surface area contributed by atoms with Crippen LogP contribution >= 0.6 is 12.6 Å².